The number of carbonyl (C=O) groups is 1. The van der Waals surface area contributed by atoms with Crippen LogP contribution >= 0.6 is 11.6 Å². The fourth-order valence-electron chi connectivity index (χ4n) is 4.28. The molecule has 0 aliphatic rings. The molecular weight excluding hydrogens is 494 g/mol. The van der Waals surface area contributed by atoms with Crippen LogP contribution in [0.4, 0.5) is 0 Å². The van der Waals surface area contributed by atoms with Crippen molar-refractivity contribution >= 4 is 17.5 Å². The minimum absolute atomic E-state index is 0.145. The third kappa shape index (κ3) is 5.79. The number of nitrogens with zero attached hydrogens (tertiary/aromatic N) is 2. The van der Waals surface area contributed by atoms with Crippen LogP contribution in [0.2, 0.25) is 5.02 Å². The van der Waals surface area contributed by atoms with E-state index in [1.807, 2.05) is 122 Å². The smallest absolute Gasteiger partial charge is 0.251 e. The van der Waals surface area contributed by atoms with Crippen LogP contribution in [0.1, 0.15) is 32.6 Å². The molecule has 1 amide bonds. The number of halogens is 1. The highest BCUT2D eigenvalue weighted by Crippen LogP contribution is 2.27. The van der Waals surface area contributed by atoms with Gasteiger partial charge in [0.15, 0.2) is 0 Å². The van der Waals surface area contributed by atoms with E-state index >= 15 is 0 Å². The number of hydrogen-bond donors (Lipinski definition) is 1. The Balaban J connectivity index is 1.26. The van der Waals surface area contributed by atoms with Crippen molar-refractivity contribution in [1.29, 1.82) is 0 Å². The normalized spacial score (nSPS) is 10.8. The number of benzene rings is 4. The van der Waals surface area contributed by atoms with Crippen molar-refractivity contribution in [2.45, 2.75) is 27.0 Å². The van der Waals surface area contributed by atoms with Gasteiger partial charge in [-0.05, 0) is 66.9 Å². The van der Waals surface area contributed by atoms with Gasteiger partial charge in [-0.15, -0.1) is 0 Å². The molecule has 1 N–H and O–H groups in total. The van der Waals surface area contributed by atoms with E-state index in [9.17, 15) is 4.79 Å². The molecule has 0 atom stereocenters. The number of rotatable bonds is 8. The van der Waals surface area contributed by atoms with Crippen LogP contribution in [0.25, 0.3) is 16.9 Å². The second kappa shape index (κ2) is 11.4. The van der Waals surface area contributed by atoms with Gasteiger partial charge in [0.1, 0.15) is 12.4 Å². The number of nitrogens with one attached hydrogen (secondary N) is 1. The minimum atomic E-state index is -0.145. The monoisotopic (exact) mass is 521 g/mol. The maximum atomic E-state index is 13.0. The summed E-state index contributed by atoms with van der Waals surface area (Å²) in [4.78, 5) is 13.0. The second-order valence-electron chi connectivity index (χ2n) is 9.19. The summed E-state index contributed by atoms with van der Waals surface area (Å²) in [5.74, 6) is 0.629. The van der Waals surface area contributed by atoms with Gasteiger partial charge >= 0.3 is 0 Å². The molecule has 1 heterocycles. The largest absolute Gasteiger partial charge is 0.489 e. The summed E-state index contributed by atoms with van der Waals surface area (Å²) >= 11 is 6.25. The van der Waals surface area contributed by atoms with Gasteiger partial charge in [0.25, 0.3) is 5.91 Å². The molecule has 0 aliphatic heterocycles. The standard InChI is InChI=1S/C32H28ClN3O2/c1-22-17-29(18-23(2)30(22)33)38-21-24-13-15-26(16-14-24)32(37)34-19-27-20-36(28-11-7-4-8-12-28)35-31(27)25-9-5-3-6-10-25/h3-18,20H,19,21H2,1-2H3,(H,34,37). The highest BCUT2D eigenvalue weighted by atomic mass is 35.5. The lowest BCUT2D eigenvalue weighted by Gasteiger charge is -2.11. The summed E-state index contributed by atoms with van der Waals surface area (Å²) in [5, 5.41) is 8.63. The van der Waals surface area contributed by atoms with Crippen LogP contribution in [0.5, 0.6) is 5.75 Å². The van der Waals surface area contributed by atoms with E-state index < -0.39 is 0 Å². The molecular formula is C32H28ClN3O2. The number of amides is 1. The number of aromatic nitrogens is 2. The number of para-hydroxylation sites is 1. The Kier molecular flexibility index (Phi) is 7.57. The van der Waals surface area contributed by atoms with Gasteiger partial charge in [-0.1, -0.05) is 72.3 Å². The van der Waals surface area contributed by atoms with Gasteiger partial charge in [-0.2, -0.15) is 5.10 Å². The van der Waals surface area contributed by atoms with Crippen molar-refractivity contribution in [3.63, 3.8) is 0 Å². The average Bonchev–Trinajstić information content (AvgIpc) is 3.39. The van der Waals surface area contributed by atoms with E-state index in [1.165, 1.54) is 0 Å². The predicted molar refractivity (Wildman–Crippen MR) is 152 cm³/mol. The van der Waals surface area contributed by atoms with E-state index in [4.69, 9.17) is 21.4 Å². The first-order valence-corrected chi connectivity index (χ1v) is 12.8. The molecule has 190 valence electrons. The molecule has 1 aromatic heterocycles. The van der Waals surface area contributed by atoms with Crippen molar-refractivity contribution in [3.8, 4) is 22.7 Å². The number of aryl methyl sites for hydroxylation is 2. The molecule has 0 spiro atoms. The summed E-state index contributed by atoms with van der Waals surface area (Å²) in [6, 6.07) is 31.3. The van der Waals surface area contributed by atoms with Gasteiger partial charge < -0.3 is 10.1 Å². The summed E-state index contributed by atoms with van der Waals surface area (Å²) in [6.45, 7) is 4.69. The Morgan fingerprint density at radius 3 is 2.18 bits per heavy atom. The van der Waals surface area contributed by atoms with Crippen molar-refractivity contribution in [1.82, 2.24) is 15.1 Å². The summed E-state index contributed by atoms with van der Waals surface area (Å²) in [5.41, 5.74) is 7.27. The lowest BCUT2D eigenvalue weighted by molar-refractivity contribution is 0.0951. The summed E-state index contributed by atoms with van der Waals surface area (Å²) < 4.78 is 7.79. The molecule has 0 unspecified atom stereocenters. The van der Waals surface area contributed by atoms with Gasteiger partial charge in [0.2, 0.25) is 0 Å². The first-order chi connectivity index (χ1) is 18.5. The fraction of sp³-hybridized carbons (Fsp3) is 0.125. The van der Waals surface area contributed by atoms with Crippen molar-refractivity contribution in [3.05, 3.63) is 136 Å². The molecule has 0 saturated carbocycles. The zero-order chi connectivity index (χ0) is 26.5. The van der Waals surface area contributed by atoms with Crippen molar-refractivity contribution in [2.75, 3.05) is 0 Å². The lowest BCUT2D eigenvalue weighted by atomic mass is 10.1. The second-order valence-corrected chi connectivity index (χ2v) is 9.57. The molecule has 5 nitrogen and oxygen atoms in total. The van der Waals surface area contributed by atoms with E-state index in [2.05, 4.69) is 5.32 Å². The molecule has 6 heteroatoms. The Bertz CT molecular complexity index is 1520. The van der Waals surface area contributed by atoms with Crippen LogP contribution in [0.3, 0.4) is 0 Å². The molecule has 0 aliphatic carbocycles. The van der Waals surface area contributed by atoms with Gasteiger partial charge in [0, 0.05) is 34.5 Å². The number of ether oxygens (including phenoxy) is 1. The first kappa shape index (κ1) is 25.3. The molecule has 5 rings (SSSR count). The number of hydrogen-bond acceptors (Lipinski definition) is 3. The van der Waals surface area contributed by atoms with Gasteiger partial charge in [-0.25, -0.2) is 4.68 Å². The Morgan fingerprint density at radius 2 is 1.53 bits per heavy atom. The summed E-state index contributed by atoms with van der Waals surface area (Å²) in [7, 11) is 0. The molecule has 0 fully saturated rings. The van der Waals surface area contributed by atoms with Crippen LogP contribution in [0, 0.1) is 13.8 Å². The summed E-state index contributed by atoms with van der Waals surface area (Å²) in [6.07, 6.45) is 1.97. The zero-order valence-corrected chi connectivity index (χ0v) is 22.1. The van der Waals surface area contributed by atoms with Gasteiger partial charge in [0.05, 0.1) is 11.4 Å². The zero-order valence-electron chi connectivity index (χ0n) is 21.3. The third-order valence-corrected chi connectivity index (χ3v) is 6.93. The Labute approximate surface area is 227 Å². The first-order valence-electron chi connectivity index (χ1n) is 12.4. The van der Waals surface area contributed by atoms with Crippen LogP contribution in [-0.2, 0) is 13.2 Å². The Hall–Kier alpha value is -4.35. The Morgan fingerprint density at radius 1 is 0.895 bits per heavy atom. The van der Waals surface area contributed by atoms with Crippen LogP contribution in [-0.4, -0.2) is 15.7 Å². The minimum Gasteiger partial charge on any atom is -0.489 e. The molecule has 0 bridgehead atoms. The van der Waals surface area contributed by atoms with E-state index in [1.54, 1.807) is 0 Å². The average molecular weight is 522 g/mol. The maximum absolute atomic E-state index is 13.0. The van der Waals surface area contributed by atoms with Gasteiger partial charge in [-0.3, -0.25) is 4.79 Å². The highest BCUT2D eigenvalue weighted by molar-refractivity contribution is 6.32. The van der Waals surface area contributed by atoms with Crippen LogP contribution < -0.4 is 10.1 Å². The quantitative estimate of drug-likeness (QED) is 0.233. The molecule has 0 saturated heterocycles. The lowest BCUT2D eigenvalue weighted by Crippen LogP contribution is -2.22. The van der Waals surface area contributed by atoms with E-state index in [0.29, 0.717) is 18.7 Å². The molecule has 0 radical (unpaired) electrons. The molecule has 4 aromatic carbocycles. The fourth-order valence-corrected chi connectivity index (χ4v) is 4.39. The topological polar surface area (TPSA) is 56.1 Å². The molecule has 38 heavy (non-hydrogen) atoms. The molecule has 5 aromatic rings. The van der Waals surface area contributed by atoms with E-state index in [-0.39, 0.29) is 5.91 Å². The maximum Gasteiger partial charge on any atom is 0.251 e. The van der Waals surface area contributed by atoms with E-state index in [0.717, 1.165) is 50.0 Å². The SMILES string of the molecule is Cc1cc(OCc2ccc(C(=O)NCc3cn(-c4ccccc4)nc3-c3ccccc3)cc2)cc(C)c1Cl. The highest BCUT2D eigenvalue weighted by Gasteiger charge is 2.14. The third-order valence-electron chi connectivity index (χ3n) is 6.33. The number of carbonyl (C=O) groups excluding carboxylic acids is 1. The van der Waals surface area contributed by atoms with Crippen molar-refractivity contribution in [2.24, 2.45) is 0 Å². The van der Waals surface area contributed by atoms with Crippen LogP contribution in [0.15, 0.2) is 103 Å². The van der Waals surface area contributed by atoms with Crippen molar-refractivity contribution < 1.29 is 9.53 Å². The predicted octanol–water partition coefficient (Wildman–Crippen LogP) is 7.32.